The number of nitrogens with one attached hydrogen (secondary N) is 1. The molecule has 0 saturated heterocycles. The average Bonchev–Trinajstić information content (AvgIpc) is 2.93. The quantitative estimate of drug-likeness (QED) is 0.738. The van der Waals surface area contributed by atoms with Crippen LogP contribution in [0.1, 0.15) is 24.3 Å². The lowest BCUT2D eigenvalue weighted by atomic mass is 10.3. The summed E-state index contributed by atoms with van der Waals surface area (Å²) in [6.45, 7) is 4.45. The molecule has 3 N–H and O–H groups in total. The predicted octanol–water partition coefficient (Wildman–Crippen LogP) is 1.72. The Balaban J connectivity index is 2.40. The summed E-state index contributed by atoms with van der Waals surface area (Å²) in [6.07, 6.45) is 1.31. The van der Waals surface area contributed by atoms with Gasteiger partial charge in [0.15, 0.2) is 0 Å². The van der Waals surface area contributed by atoms with E-state index >= 15 is 0 Å². The molecule has 0 radical (unpaired) electrons. The van der Waals surface area contributed by atoms with Gasteiger partial charge in [-0.2, -0.15) is 0 Å². The third-order valence-electron chi connectivity index (χ3n) is 3.35. The Hall–Kier alpha value is -2.68. The number of benzene rings is 1. The fourth-order valence-electron chi connectivity index (χ4n) is 2.26. The van der Waals surface area contributed by atoms with Crippen molar-refractivity contribution in [2.45, 2.75) is 18.7 Å². The van der Waals surface area contributed by atoms with Crippen molar-refractivity contribution in [3.05, 3.63) is 36.2 Å². The fraction of sp³-hybridized carbons (Fsp3) is 0.312. The van der Waals surface area contributed by atoms with Crippen LogP contribution in [0, 0.1) is 0 Å². The highest BCUT2D eigenvalue weighted by Crippen LogP contribution is 2.31. The molecule has 9 heteroatoms. The number of aromatic nitrogens is 1. The van der Waals surface area contributed by atoms with Crippen molar-refractivity contribution in [2.24, 2.45) is 12.8 Å². The van der Waals surface area contributed by atoms with Crippen molar-refractivity contribution in [3.8, 4) is 11.5 Å². The van der Waals surface area contributed by atoms with Gasteiger partial charge < -0.3 is 19.8 Å². The van der Waals surface area contributed by atoms with Crippen LogP contribution in [-0.2, 0) is 17.1 Å². The molecule has 136 valence electrons. The lowest BCUT2D eigenvalue weighted by molar-refractivity contribution is 0.0992. The number of carbonyl (C=O) groups excluding carboxylic acids is 1. The standard InChI is InChI=1S/C16H21N3O5S/c1-4-23-11-6-7-15(24-5-2)13(8-11)18-25(21,22)12-9-14(16(17)20)19(3)10-12/h6-10,18H,4-5H2,1-3H3,(H2,17,20). The second-order valence-corrected chi connectivity index (χ2v) is 6.85. The number of rotatable bonds is 8. The van der Waals surface area contributed by atoms with Gasteiger partial charge in [0.05, 0.1) is 18.9 Å². The number of nitrogens with two attached hydrogens (primary N) is 1. The number of carbonyl (C=O) groups is 1. The first-order valence-corrected chi connectivity index (χ1v) is 9.15. The second-order valence-electron chi connectivity index (χ2n) is 5.17. The molecule has 25 heavy (non-hydrogen) atoms. The van der Waals surface area contributed by atoms with Gasteiger partial charge in [0, 0.05) is 19.3 Å². The van der Waals surface area contributed by atoms with Crippen LogP contribution in [0.15, 0.2) is 35.4 Å². The molecule has 0 saturated carbocycles. The van der Waals surface area contributed by atoms with Crippen molar-refractivity contribution < 1.29 is 22.7 Å². The normalized spacial score (nSPS) is 11.2. The number of sulfonamides is 1. The van der Waals surface area contributed by atoms with Crippen LogP contribution in [-0.4, -0.2) is 32.1 Å². The number of primary amides is 1. The molecular formula is C16H21N3O5S. The molecule has 2 rings (SSSR count). The highest BCUT2D eigenvalue weighted by molar-refractivity contribution is 7.92. The molecule has 0 aliphatic carbocycles. The van der Waals surface area contributed by atoms with Gasteiger partial charge in [-0.3, -0.25) is 9.52 Å². The number of ether oxygens (including phenoxy) is 2. The summed E-state index contributed by atoms with van der Waals surface area (Å²) < 4.78 is 40.0. The average molecular weight is 367 g/mol. The molecule has 0 aliphatic heterocycles. The van der Waals surface area contributed by atoms with E-state index in [4.69, 9.17) is 15.2 Å². The van der Waals surface area contributed by atoms with Gasteiger partial charge in [-0.1, -0.05) is 0 Å². The first kappa shape index (κ1) is 18.7. The van der Waals surface area contributed by atoms with Gasteiger partial charge in [-0.05, 0) is 32.0 Å². The highest BCUT2D eigenvalue weighted by atomic mass is 32.2. The van der Waals surface area contributed by atoms with Crippen molar-refractivity contribution in [1.82, 2.24) is 4.57 Å². The first-order valence-electron chi connectivity index (χ1n) is 7.67. The van der Waals surface area contributed by atoms with E-state index in [2.05, 4.69) is 4.72 Å². The van der Waals surface area contributed by atoms with E-state index in [-0.39, 0.29) is 16.3 Å². The fourth-order valence-corrected chi connectivity index (χ4v) is 3.39. The van der Waals surface area contributed by atoms with Crippen LogP contribution in [0.5, 0.6) is 11.5 Å². The van der Waals surface area contributed by atoms with E-state index in [0.29, 0.717) is 24.7 Å². The molecule has 2 aromatic rings. The number of nitrogens with zero attached hydrogens (tertiary/aromatic N) is 1. The topological polar surface area (TPSA) is 113 Å². The minimum absolute atomic E-state index is 0.0759. The molecule has 0 atom stereocenters. The third kappa shape index (κ3) is 4.24. The van der Waals surface area contributed by atoms with Crippen LogP contribution in [0.3, 0.4) is 0 Å². The van der Waals surface area contributed by atoms with E-state index in [1.165, 1.54) is 16.8 Å². The van der Waals surface area contributed by atoms with Crippen molar-refractivity contribution in [1.29, 1.82) is 0 Å². The Bertz CT molecular complexity index is 874. The van der Waals surface area contributed by atoms with Crippen molar-refractivity contribution in [2.75, 3.05) is 17.9 Å². The summed E-state index contributed by atoms with van der Waals surface area (Å²) in [5.74, 6) is 0.174. The summed E-state index contributed by atoms with van der Waals surface area (Å²) in [5, 5.41) is 0. The number of amides is 1. The van der Waals surface area contributed by atoms with Crippen LogP contribution in [0.2, 0.25) is 0 Å². The minimum Gasteiger partial charge on any atom is -0.494 e. The van der Waals surface area contributed by atoms with Crippen LogP contribution >= 0.6 is 0 Å². The highest BCUT2D eigenvalue weighted by Gasteiger charge is 2.21. The zero-order chi connectivity index (χ0) is 18.6. The molecule has 1 aromatic heterocycles. The molecule has 8 nitrogen and oxygen atoms in total. The summed E-state index contributed by atoms with van der Waals surface area (Å²) in [4.78, 5) is 11.2. The van der Waals surface area contributed by atoms with Gasteiger partial charge in [0.2, 0.25) is 0 Å². The lowest BCUT2D eigenvalue weighted by Gasteiger charge is -2.14. The molecule has 0 fully saturated rings. The zero-order valence-electron chi connectivity index (χ0n) is 14.3. The monoisotopic (exact) mass is 367 g/mol. The minimum atomic E-state index is -3.94. The van der Waals surface area contributed by atoms with Crippen molar-refractivity contribution in [3.63, 3.8) is 0 Å². The molecule has 1 aromatic carbocycles. The Kier molecular flexibility index (Phi) is 5.58. The Morgan fingerprint density at radius 3 is 2.44 bits per heavy atom. The van der Waals surface area contributed by atoms with Crippen LogP contribution in [0.4, 0.5) is 5.69 Å². The zero-order valence-corrected chi connectivity index (χ0v) is 15.1. The van der Waals surface area contributed by atoms with E-state index in [0.717, 1.165) is 0 Å². The summed E-state index contributed by atoms with van der Waals surface area (Å²) in [6, 6.07) is 6.09. The maximum atomic E-state index is 12.6. The van der Waals surface area contributed by atoms with Gasteiger partial charge in [-0.25, -0.2) is 8.42 Å². The van der Waals surface area contributed by atoms with Gasteiger partial charge in [0.25, 0.3) is 15.9 Å². The van der Waals surface area contributed by atoms with Gasteiger partial charge in [-0.15, -0.1) is 0 Å². The van der Waals surface area contributed by atoms with E-state index < -0.39 is 15.9 Å². The SMILES string of the molecule is CCOc1ccc(OCC)c(NS(=O)(=O)c2cc(C(N)=O)n(C)c2)c1. The number of aryl methyl sites for hydroxylation is 1. The Morgan fingerprint density at radius 2 is 1.88 bits per heavy atom. The maximum Gasteiger partial charge on any atom is 0.265 e. The summed E-state index contributed by atoms with van der Waals surface area (Å²) >= 11 is 0. The predicted molar refractivity (Wildman–Crippen MR) is 93.5 cm³/mol. The molecule has 0 unspecified atom stereocenters. The maximum absolute atomic E-state index is 12.6. The molecule has 0 spiro atoms. The second kappa shape index (κ2) is 7.47. The van der Waals surface area contributed by atoms with E-state index in [1.54, 1.807) is 32.2 Å². The van der Waals surface area contributed by atoms with Crippen LogP contribution < -0.4 is 19.9 Å². The molecule has 0 aliphatic rings. The number of anilines is 1. The smallest absolute Gasteiger partial charge is 0.265 e. The first-order chi connectivity index (χ1) is 11.8. The van der Waals surface area contributed by atoms with Crippen molar-refractivity contribution >= 4 is 21.6 Å². The number of hydrogen-bond acceptors (Lipinski definition) is 5. The molecular weight excluding hydrogens is 346 g/mol. The third-order valence-corrected chi connectivity index (χ3v) is 4.68. The molecule has 1 heterocycles. The van der Waals surface area contributed by atoms with Crippen LogP contribution in [0.25, 0.3) is 0 Å². The van der Waals surface area contributed by atoms with Gasteiger partial charge in [0.1, 0.15) is 22.1 Å². The molecule has 0 bridgehead atoms. The number of hydrogen-bond donors (Lipinski definition) is 2. The van der Waals surface area contributed by atoms with E-state index in [9.17, 15) is 13.2 Å². The largest absolute Gasteiger partial charge is 0.494 e. The lowest BCUT2D eigenvalue weighted by Crippen LogP contribution is -2.15. The summed E-state index contributed by atoms with van der Waals surface area (Å²) in [5.41, 5.74) is 5.57. The summed E-state index contributed by atoms with van der Waals surface area (Å²) in [7, 11) is -2.39. The van der Waals surface area contributed by atoms with Gasteiger partial charge >= 0.3 is 0 Å². The molecule has 1 amide bonds. The van der Waals surface area contributed by atoms with E-state index in [1.807, 2.05) is 6.92 Å². The Labute approximate surface area is 146 Å². The Morgan fingerprint density at radius 1 is 1.20 bits per heavy atom.